The minimum atomic E-state index is -0.116. The summed E-state index contributed by atoms with van der Waals surface area (Å²) in [4.78, 5) is 31.6. The Bertz CT molecular complexity index is 869. The van der Waals surface area contributed by atoms with Gasteiger partial charge in [-0.1, -0.05) is 17.7 Å². The highest BCUT2D eigenvalue weighted by molar-refractivity contribution is 5.94. The summed E-state index contributed by atoms with van der Waals surface area (Å²) in [5, 5.41) is 2.99. The number of nitrogens with zero attached hydrogens (tertiary/aromatic N) is 3. The number of imidazole rings is 1. The molecule has 0 saturated heterocycles. The number of nitrogens with one attached hydrogen (secondary N) is 1. The maximum atomic E-state index is 12.9. The molecule has 6 heteroatoms. The van der Waals surface area contributed by atoms with E-state index in [0.717, 1.165) is 23.6 Å². The number of benzene rings is 1. The van der Waals surface area contributed by atoms with E-state index in [0.29, 0.717) is 31.0 Å². The van der Waals surface area contributed by atoms with Gasteiger partial charge in [-0.2, -0.15) is 0 Å². The van der Waals surface area contributed by atoms with Crippen molar-refractivity contribution in [2.24, 2.45) is 5.92 Å². The van der Waals surface area contributed by atoms with Crippen LogP contribution in [0.4, 0.5) is 0 Å². The summed E-state index contributed by atoms with van der Waals surface area (Å²) in [6.45, 7) is 6.12. The molecule has 2 heterocycles. The highest BCUT2D eigenvalue weighted by atomic mass is 16.2. The second kappa shape index (κ2) is 7.18. The molecule has 27 heavy (non-hydrogen) atoms. The van der Waals surface area contributed by atoms with Crippen LogP contribution in [0.1, 0.15) is 53.2 Å². The van der Waals surface area contributed by atoms with Crippen molar-refractivity contribution in [3.05, 3.63) is 53.1 Å². The fourth-order valence-electron chi connectivity index (χ4n) is 3.66. The molecule has 1 fully saturated rings. The number of aryl methyl sites for hydroxylation is 1. The summed E-state index contributed by atoms with van der Waals surface area (Å²) in [5.41, 5.74) is 2.56. The largest absolute Gasteiger partial charge is 0.355 e. The van der Waals surface area contributed by atoms with Gasteiger partial charge in [0.1, 0.15) is 5.82 Å². The van der Waals surface area contributed by atoms with Crippen LogP contribution in [-0.2, 0) is 17.8 Å². The Kier molecular flexibility index (Phi) is 4.72. The van der Waals surface area contributed by atoms with Gasteiger partial charge in [0.15, 0.2) is 0 Å². The van der Waals surface area contributed by atoms with Crippen molar-refractivity contribution in [2.75, 3.05) is 13.1 Å². The molecule has 0 spiro atoms. The molecule has 2 amide bonds. The highest BCUT2D eigenvalue weighted by Gasteiger charge is 2.30. The van der Waals surface area contributed by atoms with E-state index in [-0.39, 0.29) is 17.9 Å². The Labute approximate surface area is 159 Å². The first kappa shape index (κ1) is 17.8. The van der Waals surface area contributed by atoms with E-state index in [1.807, 2.05) is 49.2 Å². The molecule has 1 aliphatic carbocycles. The fourth-order valence-corrected chi connectivity index (χ4v) is 3.66. The summed E-state index contributed by atoms with van der Waals surface area (Å²) in [5.74, 6) is 1.58. The van der Waals surface area contributed by atoms with Crippen LogP contribution >= 0.6 is 0 Å². The highest BCUT2D eigenvalue weighted by Crippen LogP contribution is 2.28. The van der Waals surface area contributed by atoms with Crippen LogP contribution in [0.3, 0.4) is 0 Å². The molecule has 6 nitrogen and oxygen atoms in total. The Morgan fingerprint density at radius 2 is 2.07 bits per heavy atom. The molecule has 142 valence electrons. The van der Waals surface area contributed by atoms with Gasteiger partial charge in [0.25, 0.3) is 5.91 Å². The van der Waals surface area contributed by atoms with Crippen molar-refractivity contribution in [1.29, 1.82) is 0 Å². The molecule has 4 rings (SSSR count). The Morgan fingerprint density at radius 3 is 2.81 bits per heavy atom. The van der Waals surface area contributed by atoms with Crippen molar-refractivity contribution >= 4 is 11.8 Å². The standard InChI is InChI=1S/C21H26N4O2/c1-14-4-3-5-17(10-14)21(27)25-9-8-24-13-18(23-20(24)15(25)2)11-19(26)22-12-16-6-7-16/h3-5,10,13,15-16H,6-9,11-12H2,1-2H3,(H,22,26)/t15-/m0/s1. The summed E-state index contributed by atoms with van der Waals surface area (Å²) >= 11 is 0. The lowest BCUT2D eigenvalue weighted by molar-refractivity contribution is -0.120. The maximum Gasteiger partial charge on any atom is 0.254 e. The third kappa shape index (κ3) is 3.89. The quantitative estimate of drug-likeness (QED) is 0.884. The molecule has 2 aliphatic rings. The van der Waals surface area contributed by atoms with Crippen LogP contribution in [0, 0.1) is 12.8 Å². The average molecular weight is 366 g/mol. The molecular weight excluding hydrogens is 340 g/mol. The van der Waals surface area contributed by atoms with Crippen LogP contribution in [-0.4, -0.2) is 39.4 Å². The first-order valence-corrected chi connectivity index (χ1v) is 9.71. The van der Waals surface area contributed by atoms with E-state index in [1.165, 1.54) is 12.8 Å². The number of carbonyl (C=O) groups excluding carboxylic acids is 2. The van der Waals surface area contributed by atoms with Crippen molar-refractivity contribution in [3.8, 4) is 0 Å². The predicted octanol–water partition coefficient (Wildman–Crippen LogP) is 2.48. The monoisotopic (exact) mass is 366 g/mol. The smallest absolute Gasteiger partial charge is 0.254 e. The van der Waals surface area contributed by atoms with Gasteiger partial charge < -0.3 is 14.8 Å². The summed E-state index contributed by atoms with van der Waals surface area (Å²) in [7, 11) is 0. The van der Waals surface area contributed by atoms with E-state index >= 15 is 0 Å². The topological polar surface area (TPSA) is 67.2 Å². The van der Waals surface area contributed by atoms with Crippen molar-refractivity contribution in [1.82, 2.24) is 19.8 Å². The third-order valence-corrected chi connectivity index (χ3v) is 5.43. The number of fused-ring (bicyclic) bond motifs is 1. The molecule has 1 aromatic heterocycles. The van der Waals surface area contributed by atoms with Crippen molar-refractivity contribution in [3.63, 3.8) is 0 Å². The molecule has 0 bridgehead atoms. The summed E-state index contributed by atoms with van der Waals surface area (Å²) < 4.78 is 2.08. The first-order valence-electron chi connectivity index (χ1n) is 9.71. The van der Waals surface area contributed by atoms with Gasteiger partial charge in [0.05, 0.1) is 18.2 Å². The van der Waals surface area contributed by atoms with Crippen molar-refractivity contribution in [2.45, 2.75) is 45.7 Å². The van der Waals surface area contributed by atoms with Gasteiger partial charge in [-0.05, 0) is 44.7 Å². The number of aromatic nitrogens is 2. The van der Waals surface area contributed by atoms with E-state index < -0.39 is 0 Å². The first-order chi connectivity index (χ1) is 13.0. The van der Waals surface area contributed by atoms with E-state index in [4.69, 9.17) is 0 Å². The minimum Gasteiger partial charge on any atom is -0.355 e. The predicted molar refractivity (Wildman–Crippen MR) is 102 cm³/mol. The van der Waals surface area contributed by atoms with Gasteiger partial charge in [0.2, 0.25) is 5.91 Å². The fraction of sp³-hybridized carbons (Fsp3) is 0.476. The van der Waals surface area contributed by atoms with E-state index in [2.05, 4.69) is 14.9 Å². The number of amides is 2. The maximum absolute atomic E-state index is 12.9. The molecule has 0 unspecified atom stereocenters. The van der Waals surface area contributed by atoms with Crippen LogP contribution in [0.15, 0.2) is 30.5 Å². The van der Waals surface area contributed by atoms with Crippen LogP contribution in [0.5, 0.6) is 0 Å². The Hall–Kier alpha value is -2.63. The molecule has 1 N–H and O–H groups in total. The molecule has 2 aromatic rings. The number of rotatable bonds is 5. The number of hydrogen-bond donors (Lipinski definition) is 1. The zero-order chi connectivity index (χ0) is 19.0. The van der Waals surface area contributed by atoms with Gasteiger partial charge in [-0.15, -0.1) is 0 Å². The lowest BCUT2D eigenvalue weighted by Crippen LogP contribution is -2.41. The van der Waals surface area contributed by atoms with Gasteiger partial charge in [-0.25, -0.2) is 4.98 Å². The Balaban J connectivity index is 1.45. The average Bonchev–Trinajstić information content (AvgIpc) is 3.39. The molecule has 1 aliphatic heterocycles. The Morgan fingerprint density at radius 1 is 1.26 bits per heavy atom. The minimum absolute atomic E-state index is 0.0256. The number of carbonyl (C=O) groups is 2. The second-order valence-electron chi connectivity index (χ2n) is 7.75. The zero-order valence-corrected chi connectivity index (χ0v) is 15.9. The van der Waals surface area contributed by atoms with Crippen LogP contribution in [0.25, 0.3) is 0 Å². The van der Waals surface area contributed by atoms with Gasteiger partial charge in [-0.3, -0.25) is 9.59 Å². The third-order valence-electron chi connectivity index (χ3n) is 5.43. The lowest BCUT2D eigenvalue weighted by atomic mass is 10.1. The molecular formula is C21H26N4O2. The molecule has 1 atom stereocenters. The second-order valence-corrected chi connectivity index (χ2v) is 7.75. The lowest BCUT2D eigenvalue weighted by Gasteiger charge is -2.33. The molecule has 0 radical (unpaired) electrons. The van der Waals surface area contributed by atoms with Crippen LogP contribution in [0.2, 0.25) is 0 Å². The summed E-state index contributed by atoms with van der Waals surface area (Å²) in [6.07, 6.45) is 4.70. The zero-order valence-electron chi connectivity index (χ0n) is 15.9. The number of hydrogen-bond acceptors (Lipinski definition) is 3. The van der Waals surface area contributed by atoms with Crippen molar-refractivity contribution < 1.29 is 9.59 Å². The molecule has 1 aromatic carbocycles. The molecule has 1 saturated carbocycles. The van der Waals surface area contributed by atoms with Gasteiger partial charge in [0, 0.05) is 31.4 Å². The van der Waals surface area contributed by atoms with Crippen LogP contribution < -0.4 is 5.32 Å². The SMILES string of the molecule is Cc1cccc(C(=O)N2CCn3cc(CC(=O)NCC4CC4)nc3[C@@H]2C)c1. The van der Waals surface area contributed by atoms with Gasteiger partial charge >= 0.3 is 0 Å². The van der Waals surface area contributed by atoms with E-state index in [9.17, 15) is 9.59 Å². The summed E-state index contributed by atoms with van der Waals surface area (Å²) in [6, 6.07) is 7.57. The normalized spacial score (nSPS) is 18.9. The van der Waals surface area contributed by atoms with E-state index in [1.54, 1.807) is 0 Å².